The van der Waals surface area contributed by atoms with Crippen molar-refractivity contribution in [3.05, 3.63) is 27.8 Å². The van der Waals surface area contributed by atoms with Gasteiger partial charge in [0.05, 0.1) is 6.54 Å². The summed E-state index contributed by atoms with van der Waals surface area (Å²) in [6.45, 7) is 1.83. The molecule has 0 unspecified atom stereocenters. The van der Waals surface area contributed by atoms with Gasteiger partial charge in [0.1, 0.15) is 0 Å². The highest BCUT2D eigenvalue weighted by atomic mass is 127. The molecule has 0 fully saturated rings. The van der Waals surface area contributed by atoms with Crippen LogP contribution in [0.5, 0.6) is 0 Å². The van der Waals surface area contributed by atoms with E-state index in [4.69, 9.17) is 4.74 Å². The number of halogens is 1. The highest BCUT2D eigenvalue weighted by Crippen LogP contribution is 2.10. The number of hydrogen-bond donors (Lipinski definition) is 2. The molecular weight excluding hydrogens is 331 g/mol. The summed E-state index contributed by atoms with van der Waals surface area (Å²) in [4.78, 5) is 11.5. The highest BCUT2D eigenvalue weighted by molar-refractivity contribution is 14.1. The van der Waals surface area contributed by atoms with E-state index >= 15 is 0 Å². The van der Waals surface area contributed by atoms with Gasteiger partial charge in [-0.2, -0.15) is 0 Å². The Morgan fingerprint density at radius 1 is 1.35 bits per heavy atom. The first kappa shape index (κ1) is 14.4. The monoisotopic (exact) mass is 348 g/mol. The molecule has 0 bridgehead atoms. The minimum absolute atomic E-state index is 0.0244. The third-order valence-corrected chi connectivity index (χ3v) is 2.83. The van der Waals surface area contributed by atoms with E-state index in [1.165, 1.54) is 0 Å². The number of methoxy groups -OCH3 is 1. The molecule has 2 N–H and O–H groups in total. The molecule has 1 amide bonds. The second kappa shape index (κ2) is 8.43. The average molecular weight is 348 g/mol. The Balaban J connectivity index is 2.18. The van der Waals surface area contributed by atoms with Crippen LogP contribution in [0.1, 0.15) is 6.42 Å². The van der Waals surface area contributed by atoms with Gasteiger partial charge in [0, 0.05) is 23.0 Å². The van der Waals surface area contributed by atoms with E-state index in [0.29, 0.717) is 13.2 Å². The summed E-state index contributed by atoms with van der Waals surface area (Å²) in [6.07, 6.45) is 0.910. The van der Waals surface area contributed by atoms with E-state index in [-0.39, 0.29) is 5.91 Å². The number of hydrogen-bond acceptors (Lipinski definition) is 3. The van der Waals surface area contributed by atoms with Crippen LogP contribution in [-0.2, 0) is 9.53 Å². The molecule has 4 nitrogen and oxygen atoms in total. The summed E-state index contributed by atoms with van der Waals surface area (Å²) in [5.41, 5.74) is 0.828. The lowest BCUT2D eigenvalue weighted by Gasteiger charge is -2.06. The smallest absolute Gasteiger partial charge is 0.238 e. The molecule has 0 saturated carbocycles. The number of benzene rings is 1. The molecule has 1 aromatic carbocycles. The molecule has 0 heterocycles. The fraction of sp³-hybridized carbons (Fsp3) is 0.417. The largest absolute Gasteiger partial charge is 0.385 e. The number of carbonyl (C=O) groups is 1. The Morgan fingerprint density at radius 3 is 2.71 bits per heavy atom. The van der Waals surface area contributed by atoms with Crippen molar-refractivity contribution in [3.63, 3.8) is 0 Å². The molecule has 1 aromatic rings. The molecule has 0 saturated heterocycles. The number of carbonyl (C=O) groups excluding carboxylic acids is 1. The lowest BCUT2D eigenvalue weighted by molar-refractivity contribution is -0.115. The van der Waals surface area contributed by atoms with Crippen molar-refractivity contribution in [1.82, 2.24) is 5.32 Å². The van der Waals surface area contributed by atoms with Gasteiger partial charge in [-0.1, -0.05) is 0 Å². The first-order valence-electron chi connectivity index (χ1n) is 5.47. The predicted molar refractivity (Wildman–Crippen MR) is 77.2 cm³/mol. The summed E-state index contributed by atoms with van der Waals surface area (Å²) < 4.78 is 6.07. The van der Waals surface area contributed by atoms with Gasteiger partial charge in [-0.05, 0) is 59.8 Å². The topological polar surface area (TPSA) is 50.4 Å². The van der Waals surface area contributed by atoms with Crippen LogP contribution in [0, 0.1) is 3.57 Å². The van der Waals surface area contributed by atoms with Crippen molar-refractivity contribution in [2.45, 2.75) is 6.42 Å². The van der Waals surface area contributed by atoms with Gasteiger partial charge in [0.15, 0.2) is 0 Å². The molecule has 0 atom stereocenters. The van der Waals surface area contributed by atoms with Crippen LogP contribution in [-0.4, -0.2) is 32.7 Å². The molecule has 0 aliphatic carbocycles. The zero-order chi connectivity index (χ0) is 12.5. The highest BCUT2D eigenvalue weighted by Gasteiger charge is 2.01. The molecule has 0 radical (unpaired) electrons. The molecule has 0 aliphatic rings. The molecule has 17 heavy (non-hydrogen) atoms. The van der Waals surface area contributed by atoms with Crippen LogP contribution in [0.15, 0.2) is 24.3 Å². The van der Waals surface area contributed by atoms with E-state index < -0.39 is 0 Å². The molecule has 0 aliphatic heterocycles. The Hall–Kier alpha value is -0.660. The third kappa shape index (κ3) is 6.60. The van der Waals surface area contributed by atoms with Crippen molar-refractivity contribution in [3.8, 4) is 0 Å². The molecule has 94 valence electrons. The molecule has 0 aromatic heterocycles. The van der Waals surface area contributed by atoms with Gasteiger partial charge in [-0.15, -0.1) is 0 Å². The van der Waals surface area contributed by atoms with Gasteiger partial charge >= 0.3 is 0 Å². The molecule has 5 heteroatoms. The number of ether oxygens (including phenoxy) is 1. The van der Waals surface area contributed by atoms with Crippen molar-refractivity contribution in [2.75, 3.05) is 32.1 Å². The van der Waals surface area contributed by atoms with Crippen molar-refractivity contribution in [1.29, 1.82) is 0 Å². The normalized spacial score (nSPS) is 10.2. The maximum absolute atomic E-state index is 11.5. The third-order valence-electron chi connectivity index (χ3n) is 2.12. The fourth-order valence-corrected chi connectivity index (χ4v) is 1.64. The van der Waals surface area contributed by atoms with Crippen molar-refractivity contribution < 1.29 is 9.53 Å². The van der Waals surface area contributed by atoms with Gasteiger partial charge in [-0.3, -0.25) is 4.79 Å². The van der Waals surface area contributed by atoms with Crippen LogP contribution >= 0.6 is 22.6 Å². The zero-order valence-electron chi connectivity index (χ0n) is 9.83. The van der Waals surface area contributed by atoms with Gasteiger partial charge in [0.2, 0.25) is 5.91 Å². The van der Waals surface area contributed by atoms with E-state index in [0.717, 1.165) is 22.2 Å². The van der Waals surface area contributed by atoms with E-state index in [1.807, 2.05) is 24.3 Å². The summed E-state index contributed by atoms with van der Waals surface area (Å²) in [6, 6.07) is 7.71. The zero-order valence-corrected chi connectivity index (χ0v) is 12.0. The SMILES string of the molecule is COCCCNCC(=O)Nc1ccc(I)cc1. The molecule has 1 rings (SSSR count). The second-order valence-corrected chi connectivity index (χ2v) is 4.82. The van der Waals surface area contributed by atoms with Crippen LogP contribution in [0.2, 0.25) is 0 Å². The summed E-state index contributed by atoms with van der Waals surface area (Å²) >= 11 is 2.23. The Bertz CT molecular complexity index is 341. The number of nitrogens with one attached hydrogen (secondary N) is 2. The number of amides is 1. The number of rotatable bonds is 7. The first-order chi connectivity index (χ1) is 8.22. The maximum Gasteiger partial charge on any atom is 0.238 e. The summed E-state index contributed by atoms with van der Waals surface area (Å²) in [5, 5.41) is 5.88. The minimum atomic E-state index is -0.0244. The second-order valence-electron chi connectivity index (χ2n) is 3.58. The first-order valence-corrected chi connectivity index (χ1v) is 6.55. The van der Waals surface area contributed by atoms with Crippen LogP contribution < -0.4 is 10.6 Å². The minimum Gasteiger partial charge on any atom is -0.385 e. The standard InChI is InChI=1S/C12H17IN2O2/c1-17-8-2-7-14-9-12(16)15-11-5-3-10(13)4-6-11/h3-6,14H,2,7-9H2,1H3,(H,15,16). The van der Waals surface area contributed by atoms with Gasteiger partial charge in [0.25, 0.3) is 0 Å². The van der Waals surface area contributed by atoms with E-state index in [2.05, 4.69) is 33.2 Å². The Kier molecular flexibility index (Phi) is 7.14. The lowest BCUT2D eigenvalue weighted by atomic mass is 10.3. The van der Waals surface area contributed by atoms with Gasteiger partial charge < -0.3 is 15.4 Å². The Morgan fingerprint density at radius 2 is 2.06 bits per heavy atom. The predicted octanol–water partition coefficient (Wildman–Crippen LogP) is 1.86. The van der Waals surface area contributed by atoms with Crippen LogP contribution in [0.25, 0.3) is 0 Å². The summed E-state index contributed by atoms with van der Waals surface area (Å²) in [5.74, 6) is -0.0244. The average Bonchev–Trinajstić information content (AvgIpc) is 2.32. The quantitative estimate of drug-likeness (QED) is 0.584. The fourth-order valence-electron chi connectivity index (χ4n) is 1.28. The van der Waals surface area contributed by atoms with Crippen molar-refractivity contribution in [2.24, 2.45) is 0 Å². The lowest BCUT2D eigenvalue weighted by Crippen LogP contribution is -2.29. The molecule has 0 spiro atoms. The van der Waals surface area contributed by atoms with Crippen LogP contribution in [0.3, 0.4) is 0 Å². The molecular formula is C12H17IN2O2. The van der Waals surface area contributed by atoms with E-state index in [9.17, 15) is 4.79 Å². The van der Waals surface area contributed by atoms with E-state index in [1.54, 1.807) is 7.11 Å². The van der Waals surface area contributed by atoms with Crippen molar-refractivity contribution >= 4 is 34.2 Å². The Labute approximate surface area is 115 Å². The van der Waals surface area contributed by atoms with Crippen LogP contribution in [0.4, 0.5) is 5.69 Å². The maximum atomic E-state index is 11.5. The summed E-state index contributed by atoms with van der Waals surface area (Å²) in [7, 11) is 1.67. The number of anilines is 1. The van der Waals surface area contributed by atoms with Gasteiger partial charge in [-0.25, -0.2) is 0 Å².